The van der Waals surface area contributed by atoms with Crippen molar-refractivity contribution in [1.29, 1.82) is 0 Å². The molecule has 0 aromatic rings. The van der Waals surface area contributed by atoms with Gasteiger partial charge in [0.2, 0.25) is 0 Å². The van der Waals surface area contributed by atoms with Gasteiger partial charge in [0.1, 0.15) is 6.61 Å². The van der Waals surface area contributed by atoms with E-state index in [9.17, 15) is 19.0 Å². The van der Waals surface area contributed by atoms with Crippen molar-refractivity contribution in [2.45, 2.75) is 315 Å². The highest BCUT2D eigenvalue weighted by molar-refractivity contribution is 7.47. The molecule has 0 fully saturated rings. The van der Waals surface area contributed by atoms with Gasteiger partial charge in [-0.15, -0.1) is 0 Å². The van der Waals surface area contributed by atoms with Gasteiger partial charge in [-0.05, 0) is 109 Å². The first kappa shape index (κ1) is 81.4. The largest absolute Gasteiger partial charge is 0.472 e. The Morgan fingerprint density at radius 2 is 0.647 bits per heavy atom. The summed E-state index contributed by atoms with van der Waals surface area (Å²) in [6.45, 7) is 3.64. The SMILES string of the molecule is CC/C=C\C/C=C\C/C=C\C/C=C\C/C=C\C/C=C\C/C=C\CCCCCCCCCCCCCC(=O)OC(COC(=O)CCCCCCCCCCCCCCCCCC/C=C\C/C=C\C/C=C\CCCCCCC)COP(=O)(O)OCCN. The van der Waals surface area contributed by atoms with Crippen molar-refractivity contribution in [3.05, 3.63) is 122 Å². The van der Waals surface area contributed by atoms with Crippen molar-refractivity contribution in [1.82, 2.24) is 0 Å². The van der Waals surface area contributed by atoms with E-state index in [1.54, 1.807) is 0 Å². The van der Waals surface area contributed by atoms with Crippen LogP contribution in [0.3, 0.4) is 0 Å². The van der Waals surface area contributed by atoms with Crippen LogP contribution >= 0.6 is 7.82 Å². The molecule has 2 atom stereocenters. The first-order chi connectivity index (χ1) is 41.8. The van der Waals surface area contributed by atoms with E-state index in [4.69, 9.17) is 24.3 Å². The average Bonchev–Trinajstić information content (AvgIpc) is 3.52. The van der Waals surface area contributed by atoms with Crippen molar-refractivity contribution >= 4 is 19.8 Å². The summed E-state index contributed by atoms with van der Waals surface area (Å²) in [7, 11) is -4.40. The van der Waals surface area contributed by atoms with Gasteiger partial charge in [0, 0.05) is 19.4 Å². The third-order valence-corrected chi connectivity index (χ3v) is 15.8. The molecular formula is C75H130NO8P. The van der Waals surface area contributed by atoms with Crippen LogP contribution in [0.5, 0.6) is 0 Å². The van der Waals surface area contributed by atoms with Crippen molar-refractivity contribution in [3.8, 4) is 0 Å². The third-order valence-electron chi connectivity index (χ3n) is 14.8. The minimum absolute atomic E-state index is 0.0487. The Kier molecular flexibility index (Phi) is 66.6. The van der Waals surface area contributed by atoms with Crippen LogP contribution in [0.15, 0.2) is 122 Å². The lowest BCUT2D eigenvalue weighted by atomic mass is 10.0. The molecule has 0 aliphatic rings. The number of ether oxygens (including phenoxy) is 2. The third kappa shape index (κ3) is 69.4. The van der Waals surface area contributed by atoms with Crippen LogP contribution in [0.25, 0.3) is 0 Å². The van der Waals surface area contributed by atoms with Crippen molar-refractivity contribution in [2.75, 3.05) is 26.4 Å². The lowest BCUT2D eigenvalue weighted by Crippen LogP contribution is -2.29. The molecule has 0 aliphatic heterocycles. The fraction of sp³-hybridized carbons (Fsp3) is 0.707. The molecule has 0 saturated heterocycles. The number of unbranched alkanes of at least 4 members (excludes halogenated alkanes) is 32. The maximum atomic E-state index is 12.8. The molecule has 0 amide bonds. The molecule has 9 nitrogen and oxygen atoms in total. The van der Waals surface area contributed by atoms with Crippen molar-refractivity contribution in [3.63, 3.8) is 0 Å². The van der Waals surface area contributed by atoms with Gasteiger partial charge in [0.15, 0.2) is 6.10 Å². The van der Waals surface area contributed by atoms with Gasteiger partial charge < -0.3 is 20.1 Å². The lowest BCUT2D eigenvalue weighted by molar-refractivity contribution is -0.161. The summed E-state index contributed by atoms with van der Waals surface area (Å²) in [6.07, 6.45) is 97.1. The molecule has 0 aromatic carbocycles. The summed E-state index contributed by atoms with van der Waals surface area (Å²) < 4.78 is 33.2. The Bertz CT molecular complexity index is 1810. The minimum atomic E-state index is -4.40. The number of esters is 2. The fourth-order valence-electron chi connectivity index (χ4n) is 9.68. The summed E-state index contributed by atoms with van der Waals surface area (Å²) in [5, 5.41) is 0. The van der Waals surface area contributed by atoms with E-state index in [2.05, 4.69) is 135 Å². The van der Waals surface area contributed by atoms with Gasteiger partial charge in [-0.2, -0.15) is 0 Å². The van der Waals surface area contributed by atoms with Crippen LogP contribution in [-0.4, -0.2) is 49.3 Å². The molecule has 0 saturated carbocycles. The second kappa shape index (κ2) is 69.5. The Balaban J connectivity index is 3.92. The zero-order valence-electron chi connectivity index (χ0n) is 54.8. The van der Waals surface area contributed by atoms with E-state index in [1.807, 2.05) is 0 Å². The number of carbonyl (C=O) groups is 2. The van der Waals surface area contributed by atoms with E-state index in [0.29, 0.717) is 6.42 Å². The highest BCUT2D eigenvalue weighted by Gasteiger charge is 2.26. The van der Waals surface area contributed by atoms with Crippen LogP contribution in [0, 0.1) is 0 Å². The van der Waals surface area contributed by atoms with E-state index in [-0.39, 0.29) is 38.6 Å². The summed E-state index contributed by atoms with van der Waals surface area (Å²) in [4.78, 5) is 35.4. The van der Waals surface area contributed by atoms with Gasteiger partial charge in [-0.1, -0.05) is 309 Å². The smallest absolute Gasteiger partial charge is 0.462 e. The number of nitrogens with two attached hydrogens (primary N) is 1. The highest BCUT2D eigenvalue weighted by atomic mass is 31.2. The van der Waals surface area contributed by atoms with Crippen LogP contribution in [0.2, 0.25) is 0 Å². The molecule has 0 spiro atoms. The molecular weight excluding hydrogens is 1070 g/mol. The van der Waals surface area contributed by atoms with Crippen LogP contribution in [-0.2, 0) is 32.7 Å². The molecule has 0 bridgehead atoms. The second-order valence-electron chi connectivity index (χ2n) is 23.0. The first-order valence-electron chi connectivity index (χ1n) is 35.0. The molecule has 85 heavy (non-hydrogen) atoms. The second-order valence-corrected chi connectivity index (χ2v) is 24.5. The topological polar surface area (TPSA) is 134 Å². The highest BCUT2D eigenvalue weighted by Crippen LogP contribution is 2.43. The molecule has 0 aromatic heterocycles. The van der Waals surface area contributed by atoms with Crippen molar-refractivity contribution in [2.24, 2.45) is 5.73 Å². The molecule has 3 N–H and O–H groups in total. The Hall–Kier alpha value is -3.59. The molecule has 0 radical (unpaired) electrons. The molecule has 2 unspecified atom stereocenters. The number of carbonyl (C=O) groups excluding carboxylic acids is 2. The van der Waals surface area contributed by atoms with Crippen LogP contribution in [0.4, 0.5) is 0 Å². The Morgan fingerprint density at radius 3 is 0.965 bits per heavy atom. The first-order valence-corrected chi connectivity index (χ1v) is 36.5. The zero-order valence-corrected chi connectivity index (χ0v) is 55.7. The van der Waals surface area contributed by atoms with E-state index in [0.717, 1.165) is 103 Å². The quantitative estimate of drug-likeness (QED) is 0.0264. The Labute approximate surface area is 523 Å². The van der Waals surface area contributed by atoms with Gasteiger partial charge >= 0.3 is 19.8 Å². The lowest BCUT2D eigenvalue weighted by Gasteiger charge is -2.19. The van der Waals surface area contributed by atoms with Gasteiger partial charge in [-0.25, -0.2) is 4.57 Å². The van der Waals surface area contributed by atoms with E-state index >= 15 is 0 Å². The predicted molar refractivity (Wildman–Crippen MR) is 367 cm³/mol. The van der Waals surface area contributed by atoms with Crippen LogP contribution < -0.4 is 5.73 Å². The predicted octanol–water partition coefficient (Wildman–Crippen LogP) is 23.1. The maximum Gasteiger partial charge on any atom is 0.472 e. The summed E-state index contributed by atoms with van der Waals surface area (Å²) in [5.41, 5.74) is 5.40. The molecule has 488 valence electrons. The van der Waals surface area contributed by atoms with Gasteiger partial charge in [0.25, 0.3) is 0 Å². The fourth-order valence-corrected chi connectivity index (χ4v) is 10.5. The summed E-state index contributed by atoms with van der Waals surface area (Å²) in [5.74, 6) is -0.828. The van der Waals surface area contributed by atoms with E-state index < -0.39 is 26.5 Å². The number of hydrogen-bond donors (Lipinski definition) is 2. The number of rotatable bonds is 65. The van der Waals surface area contributed by atoms with E-state index in [1.165, 1.54) is 173 Å². The number of hydrogen-bond acceptors (Lipinski definition) is 8. The zero-order chi connectivity index (χ0) is 61.6. The van der Waals surface area contributed by atoms with Crippen molar-refractivity contribution < 1.29 is 37.6 Å². The summed E-state index contributed by atoms with van der Waals surface area (Å²) in [6, 6.07) is 0. The maximum absolute atomic E-state index is 12.8. The van der Waals surface area contributed by atoms with Gasteiger partial charge in [-0.3, -0.25) is 18.6 Å². The molecule has 10 heteroatoms. The number of phosphoric acid groups is 1. The summed E-state index contributed by atoms with van der Waals surface area (Å²) >= 11 is 0. The molecule has 0 heterocycles. The standard InChI is InChI=1S/C75H130NO8P/c1-3-5-7-9-11-13-15-17-19-21-23-25-27-29-31-33-35-36-38-40-42-44-46-48-50-52-54-56-58-60-62-64-66-68-75(78)84-73(72-83-85(79,80)82-70-69-76)71-81-74(77)67-65-63-61-59-57-55-53-51-49-47-45-43-41-39-37-34-32-30-28-26-24-22-20-18-16-14-12-10-8-6-4-2/h5,7,11,13,16-19,22-25,28-31,35-36,40,42,73H,3-4,6,8-10,12,14-15,20-21,26-27,32-34,37-39,41,43-72,76H2,1-2H3,(H,79,80)/b7-5-,13-11-,18-16-,19-17-,24-22-,25-23-,30-28-,31-29-,36-35-,42-40-. The van der Waals surface area contributed by atoms with Gasteiger partial charge in [0.05, 0.1) is 13.2 Å². The normalized spacial score (nSPS) is 13.7. The monoisotopic (exact) mass is 1200 g/mol. The molecule has 0 rings (SSSR count). The number of allylic oxidation sites excluding steroid dienone is 20. The van der Waals surface area contributed by atoms with Crippen LogP contribution in [0.1, 0.15) is 309 Å². The number of phosphoric ester groups is 1. The average molecular weight is 1200 g/mol. The minimum Gasteiger partial charge on any atom is -0.462 e. The Morgan fingerprint density at radius 1 is 0.365 bits per heavy atom. The molecule has 0 aliphatic carbocycles.